The Balaban J connectivity index is 2.39. The molecule has 1 aromatic carbocycles. The van der Waals surface area contributed by atoms with Crippen molar-refractivity contribution in [3.8, 4) is 11.5 Å². The lowest BCUT2D eigenvalue weighted by atomic mass is 10.0. The van der Waals surface area contributed by atoms with E-state index in [4.69, 9.17) is 9.47 Å². The molecule has 0 saturated carbocycles. The number of fused-ring (bicyclic) bond motifs is 1. The number of aromatic hydroxyl groups is 1. The molecule has 6 heteroatoms. The van der Waals surface area contributed by atoms with Gasteiger partial charge in [-0.2, -0.15) is 0 Å². The van der Waals surface area contributed by atoms with E-state index >= 15 is 0 Å². The number of carbonyl (C=O) groups excluding carboxylic acids is 1. The second-order valence-corrected chi connectivity index (χ2v) is 6.03. The van der Waals surface area contributed by atoms with Crippen molar-refractivity contribution in [2.24, 2.45) is 0 Å². The van der Waals surface area contributed by atoms with E-state index in [9.17, 15) is 20.1 Å². The highest BCUT2D eigenvalue weighted by Gasteiger charge is 2.21. The highest BCUT2D eigenvalue weighted by Crippen LogP contribution is 2.30. The van der Waals surface area contributed by atoms with Crippen molar-refractivity contribution in [2.45, 2.75) is 44.5 Å². The molecule has 0 amide bonds. The molecule has 1 aliphatic rings. The Kier molecular flexibility index (Phi) is 6.61. The van der Waals surface area contributed by atoms with Crippen LogP contribution in [0.5, 0.6) is 11.5 Å². The maximum atomic E-state index is 12.5. The number of allylic oxidation sites excluding steroid dienone is 1. The zero-order valence-electron chi connectivity index (χ0n) is 14.4. The van der Waals surface area contributed by atoms with Gasteiger partial charge in [-0.1, -0.05) is 24.3 Å². The number of carbonyl (C=O) groups is 1. The van der Waals surface area contributed by atoms with Gasteiger partial charge < -0.3 is 24.8 Å². The molecule has 136 valence electrons. The lowest BCUT2D eigenvalue weighted by Crippen LogP contribution is -2.23. The summed E-state index contributed by atoms with van der Waals surface area (Å²) >= 11 is 0. The van der Waals surface area contributed by atoms with Crippen molar-refractivity contribution < 1.29 is 29.6 Å². The van der Waals surface area contributed by atoms with Crippen LogP contribution < -0.4 is 4.74 Å². The molecular weight excluding hydrogens is 324 g/mol. The van der Waals surface area contributed by atoms with Gasteiger partial charge in [0.25, 0.3) is 0 Å². The molecule has 6 nitrogen and oxygen atoms in total. The van der Waals surface area contributed by atoms with Crippen LogP contribution in [0.3, 0.4) is 0 Å². The molecule has 0 fully saturated rings. The van der Waals surface area contributed by atoms with Crippen LogP contribution >= 0.6 is 0 Å². The van der Waals surface area contributed by atoms with Gasteiger partial charge in [-0.3, -0.25) is 0 Å². The minimum Gasteiger partial charge on any atom is -0.507 e. The molecule has 1 aromatic rings. The number of rotatable bonds is 1. The predicted molar refractivity (Wildman–Crippen MR) is 93.6 cm³/mol. The van der Waals surface area contributed by atoms with Crippen LogP contribution in [0, 0.1) is 0 Å². The van der Waals surface area contributed by atoms with E-state index in [0.717, 1.165) is 0 Å². The quantitative estimate of drug-likeness (QED) is 0.533. The minimum atomic E-state index is -0.962. The van der Waals surface area contributed by atoms with E-state index in [2.05, 4.69) is 0 Å². The van der Waals surface area contributed by atoms with Crippen LogP contribution in [0.25, 0.3) is 6.08 Å². The number of ether oxygens (including phenoxy) is 2. The number of phenols is 1. The predicted octanol–water partition coefficient (Wildman–Crippen LogP) is 2.42. The number of aliphatic hydroxyl groups is 2. The number of hydrogen-bond acceptors (Lipinski definition) is 6. The number of phenolic OH excluding ortho intramolecular Hbond substituents is 1. The summed E-state index contributed by atoms with van der Waals surface area (Å²) in [6, 6.07) is 3.00. The third kappa shape index (κ3) is 5.08. The lowest BCUT2D eigenvalue weighted by molar-refractivity contribution is 0.0337. The summed E-state index contributed by atoms with van der Waals surface area (Å²) in [7, 11) is 1.47. The van der Waals surface area contributed by atoms with E-state index in [0.29, 0.717) is 30.6 Å². The average molecular weight is 348 g/mol. The lowest BCUT2D eigenvalue weighted by Gasteiger charge is -2.17. The summed E-state index contributed by atoms with van der Waals surface area (Å²) in [5, 5.41) is 30.0. The number of hydrogen-bond donors (Lipinski definition) is 3. The van der Waals surface area contributed by atoms with Crippen molar-refractivity contribution in [1.82, 2.24) is 0 Å². The van der Waals surface area contributed by atoms with Crippen LogP contribution in [0.2, 0.25) is 0 Å². The molecule has 0 radical (unpaired) electrons. The molecule has 1 heterocycles. The number of aliphatic hydroxyl groups excluding tert-OH is 2. The normalized spacial score (nSPS) is 27.5. The molecule has 0 unspecified atom stereocenters. The number of cyclic esters (lactones) is 1. The van der Waals surface area contributed by atoms with Crippen LogP contribution in [-0.4, -0.2) is 46.7 Å². The molecular formula is C19H24O6. The topological polar surface area (TPSA) is 96.2 Å². The van der Waals surface area contributed by atoms with Crippen molar-refractivity contribution in [3.05, 3.63) is 41.5 Å². The minimum absolute atomic E-state index is 0.0746. The Labute approximate surface area is 147 Å². The van der Waals surface area contributed by atoms with Crippen LogP contribution in [0.4, 0.5) is 0 Å². The van der Waals surface area contributed by atoms with Crippen molar-refractivity contribution >= 4 is 12.0 Å². The van der Waals surface area contributed by atoms with E-state index in [1.54, 1.807) is 31.2 Å². The van der Waals surface area contributed by atoms with Crippen LogP contribution in [0.15, 0.2) is 30.4 Å². The monoisotopic (exact) mass is 348 g/mol. The van der Waals surface area contributed by atoms with E-state index in [1.165, 1.54) is 19.3 Å². The zero-order valence-corrected chi connectivity index (χ0v) is 14.4. The molecule has 3 N–H and O–H groups in total. The largest absolute Gasteiger partial charge is 0.507 e. The Morgan fingerprint density at radius 1 is 1.24 bits per heavy atom. The van der Waals surface area contributed by atoms with Gasteiger partial charge >= 0.3 is 5.97 Å². The first-order valence-electron chi connectivity index (χ1n) is 8.23. The van der Waals surface area contributed by atoms with E-state index < -0.39 is 24.3 Å². The Bertz CT molecular complexity index is 664. The zero-order chi connectivity index (χ0) is 18.4. The third-order valence-corrected chi connectivity index (χ3v) is 3.99. The fraction of sp³-hybridized carbons (Fsp3) is 0.421. The van der Waals surface area contributed by atoms with Crippen LogP contribution in [-0.2, 0) is 4.74 Å². The summed E-state index contributed by atoms with van der Waals surface area (Å²) in [4.78, 5) is 12.5. The first kappa shape index (κ1) is 19.0. The SMILES string of the molecule is COc1cc(O)c2c(c1)/C=C/CC[C@H](O)[C@H](O)/C=C/C[C@H](C)OC2=O. The molecule has 0 aromatic heterocycles. The van der Waals surface area contributed by atoms with Crippen molar-refractivity contribution in [2.75, 3.05) is 7.11 Å². The van der Waals surface area contributed by atoms with Gasteiger partial charge in [-0.25, -0.2) is 4.79 Å². The smallest absolute Gasteiger partial charge is 0.342 e. The summed E-state index contributed by atoms with van der Waals surface area (Å²) in [5.74, 6) is -0.422. The van der Waals surface area contributed by atoms with E-state index in [1.807, 2.05) is 0 Å². The van der Waals surface area contributed by atoms with Gasteiger partial charge in [0, 0.05) is 12.5 Å². The Hall–Kier alpha value is -2.31. The standard InChI is InChI=1S/C19H24O6/c1-12-6-5-9-16(21)15(20)8-4-3-7-13-10-14(24-2)11-17(22)18(13)19(23)25-12/h3,5,7,9-12,15-16,20-22H,4,6,8H2,1-2H3/b7-3+,9-5+/t12-,15-,16+/m0/s1. The Morgan fingerprint density at radius 3 is 2.72 bits per heavy atom. The van der Waals surface area contributed by atoms with Gasteiger partial charge in [0.1, 0.15) is 23.2 Å². The number of benzene rings is 1. The molecule has 25 heavy (non-hydrogen) atoms. The molecule has 0 spiro atoms. The third-order valence-electron chi connectivity index (χ3n) is 3.99. The highest BCUT2D eigenvalue weighted by molar-refractivity contribution is 5.97. The van der Waals surface area contributed by atoms with Crippen molar-refractivity contribution in [3.63, 3.8) is 0 Å². The fourth-order valence-corrected chi connectivity index (χ4v) is 2.57. The summed E-state index contributed by atoms with van der Waals surface area (Å²) in [6.45, 7) is 1.72. The van der Waals surface area contributed by atoms with Gasteiger partial charge in [0.05, 0.1) is 19.3 Å². The molecule has 0 aliphatic carbocycles. The Morgan fingerprint density at radius 2 is 2.00 bits per heavy atom. The van der Waals surface area contributed by atoms with E-state index in [-0.39, 0.29) is 11.3 Å². The number of methoxy groups -OCH3 is 1. The first-order chi connectivity index (χ1) is 11.9. The van der Waals surface area contributed by atoms with Gasteiger partial charge in [-0.15, -0.1) is 0 Å². The molecule has 3 atom stereocenters. The van der Waals surface area contributed by atoms with Crippen molar-refractivity contribution in [1.29, 1.82) is 0 Å². The average Bonchev–Trinajstić information content (AvgIpc) is 2.56. The molecule has 0 bridgehead atoms. The maximum absolute atomic E-state index is 12.5. The summed E-state index contributed by atoms with van der Waals surface area (Å²) in [5.41, 5.74) is 0.544. The second-order valence-electron chi connectivity index (χ2n) is 6.03. The molecule has 2 rings (SSSR count). The van der Waals surface area contributed by atoms with Crippen LogP contribution in [0.1, 0.15) is 42.1 Å². The summed E-state index contributed by atoms with van der Waals surface area (Å²) in [6.07, 6.45) is 5.57. The first-order valence-corrected chi connectivity index (χ1v) is 8.23. The van der Waals surface area contributed by atoms with Gasteiger partial charge in [-0.05, 0) is 31.4 Å². The fourth-order valence-electron chi connectivity index (χ4n) is 2.57. The number of esters is 1. The summed E-state index contributed by atoms with van der Waals surface area (Å²) < 4.78 is 10.5. The molecule has 1 aliphatic heterocycles. The highest BCUT2D eigenvalue weighted by atomic mass is 16.5. The second kappa shape index (κ2) is 8.69. The van der Waals surface area contributed by atoms with Gasteiger partial charge in [0.15, 0.2) is 0 Å². The maximum Gasteiger partial charge on any atom is 0.342 e. The van der Waals surface area contributed by atoms with Gasteiger partial charge in [0.2, 0.25) is 0 Å². The molecule has 0 saturated heterocycles.